The van der Waals surface area contributed by atoms with Crippen LogP contribution in [0.2, 0.25) is 0 Å². The third-order valence-corrected chi connectivity index (χ3v) is 3.74. The Morgan fingerprint density at radius 1 is 1.15 bits per heavy atom. The molecule has 0 atom stereocenters. The number of aromatic nitrogens is 1. The van der Waals surface area contributed by atoms with Gasteiger partial charge in [0.1, 0.15) is 18.0 Å². The second-order valence-electron chi connectivity index (χ2n) is 8.38. The Balaban J connectivity index is 2.18. The number of nitrogens with zero attached hydrogens (tertiary/aromatic N) is 2. The van der Waals surface area contributed by atoms with Crippen LogP contribution in [0.5, 0.6) is 5.75 Å². The fourth-order valence-electron chi connectivity index (χ4n) is 2.48. The van der Waals surface area contributed by atoms with Crippen molar-refractivity contribution in [3.8, 4) is 5.75 Å². The van der Waals surface area contributed by atoms with Crippen LogP contribution in [-0.2, 0) is 16.8 Å². The predicted octanol–water partition coefficient (Wildman–Crippen LogP) is 5.06. The zero-order valence-electron chi connectivity index (χ0n) is 16.6. The molecule has 0 unspecified atom stereocenters. The SMILES string of the molecule is CC(C)(C)OC(=O)n1ccc(COc2cc([N+](=O)[O-])ccc2C(C)(C)C)c1. The van der Waals surface area contributed by atoms with Gasteiger partial charge in [0, 0.05) is 29.6 Å². The van der Waals surface area contributed by atoms with Crippen LogP contribution in [0.25, 0.3) is 0 Å². The molecule has 0 saturated carbocycles. The Kier molecular flexibility index (Phi) is 5.63. The number of hydrogen-bond donors (Lipinski definition) is 0. The summed E-state index contributed by atoms with van der Waals surface area (Å²) in [5.41, 5.74) is 0.798. The van der Waals surface area contributed by atoms with Crippen LogP contribution in [0, 0.1) is 10.1 Å². The fourth-order valence-corrected chi connectivity index (χ4v) is 2.48. The molecule has 0 N–H and O–H groups in total. The Labute approximate surface area is 159 Å². The lowest BCUT2D eigenvalue weighted by Gasteiger charge is -2.22. The lowest BCUT2D eigenvalue weighted by Crippen LogP contribution is -2.26. The van der Waals surface area contributed by atoms with Crippen molar-refractivity contribution in [3.05, 3.63) is 57.9 Å². The van der Waals surface area contributed by atoms with Gasteiger partial charge in [0.15, 0.2) is 0 Å². The molecular weight excluding hydrogens is 348 g/mol. The summed E-state index contributed by atoms with van der Waals surface area (Å²) in [6.07, 6.45) is 2.76. The molecule has 0 saturated heterocycles. The van der Waals surface area contributed by atoms with Gasteiger partial charge in [-0.3, -0.25) is 14.7 Å². The molecule has 0 fully saturated rings. The highest BCUT2D eigenvalue weighted by Crippen LogP contribution is 2.34. The highest BCUT2D eigenvalue weighted by Gasteiger charge is 2.22. The summed E-state index contributed by atoms with van der Waals surface area (Å²) >= 11 is 0. The molecule has 0 bridgehead atoms. The van der Waals surface area contributed by atoms with Gasteiger partial charge in [-0.1, -0.05) is 20.8 Å². The normalized spacial score (nSPS) is 11.9. The Morgan fingerprint density at radius 2 is 1.81 bits per heavy atom. The highest BCUT2D eigenvalue weighted by molar-refractivity contribution is 5.71. The Hall–Kier alpha value is -2.83. The number of carbonyl (C=O) groups excluding carboxylic acids is 1. The van der Waals surface area contributed by atoms with Crippen molar-refractivity contribution in [1.82, 2.24) is 4.57 Å². The van der Waals surface area contributed by atoms with E-state index in [9.17, 15) is 14.9 Å². The van der Waals surface area contributed by atoms with Crippen molar-refractivity contribution < 1.29 is 19.2 Å². The van der Waals surface area contributed by atoms with Crippen molar-refractivity contribution >= 4 is 11.8 Å². The van der Waals surface area contributed by atoms with Crippen LogP contribution in [0.3, 0.4) is 0 Å². The number of benzene rings is 1. The number of carbonyl (C=O) groups is 1. The maximum Gasteiger partial charge on any atom is 0.418 e. The van der Waals surface area contributed by atoms with Crippen LogP contribution in [0.4, 0.5) is 10.5 Å². The third-order valence-electron chi connectivity index (χ3n) is 3.74. The second kappa shape index (κ2) is 7.42. The van der Waals surface area contributed by atoms with E-state index >= 15 is 0 Å². The van der Waals surface area contributed by atoms with Gasteiger partial charge in [0.05, 0.1) is 11.0 Å². The van der Waals surface area contributed by atoms with Crippen LogP contribution in [0.15, 0.2) is 36.7 Å². The number of rotatable bonds is 4. The molecule has 1 heterocycles. The molecule has 0 amide bonds. The van der Waals surface area contributed by atoms with E-state index in [0.29, 0.717) is 5.75 Å². The molecule has 0 spiro atoms. The number of ether oxygens (including phenoxy) is 2. The molecule has 146 valence electrons. The lowest BCUT2D eigenvalue weighted by atomic mass is 9.86. The molecule has 1 aromatic heterocycles. The van der Waals surface area contributed by atoms with E-state index in [1.54, 1.807) is 45.3 Å². The molecule has 0 radical (unpaired) electrons. The third kappa shape index (κ3) is 5.57. The average molecular weight is 374 g/mol. The minimum Gasteiger partial charge on any atom is -0.488 e. The van der Waals surface area contributed by atoms with Gasteiger partial charge in [-0.05, 0) is 38.3 Å². The molecule has 7 heteroatoms. The van der Waals surface area contributed by atoms with E-state index in [-0.39, 0.29) is 17.7 Å². The minimum absolute atomic E-state index is 0.0238. The van der Waals surface area contributed by atoms with Crippen molar-refractivity contribution in [2.24, 2.45) is 0 Å². The molecule has 0 aliphatic carbocycles. The van der Waals surface area contributed by atoms with Gasteiger partial charge in [0.25, 0.3) is 5.69 Å². The fraction of sp³-hybridized carbons (Fsp3) is 0.450. The van der Waals surface area contributed by atoms with Crippen molar-refractivity contribution in [3.63, 3.8) is 0 Å². The molecule has 0 aliphatic rings. The van der Waals surface area contributed by atoms with Gasteiger partial charge < -0.3 is 9.47 Å². The van der Waals surface area contributed by atoms with Crippen LogP contribution >= 0.6 is 0 Å². The van der Waals surface area contributed by atoms with Gasteiger partial charge >= 0.3 is 6.09 Å². The van der Waals surface area contributed by atoms with E-state index in [4.69, 9.17) is 9.47 Å². The first-order valence-corrected chi connectivity index (χ1v) is 8.69. The number of nitro benzene ring substituents is 1. The van der Waals surface area contributed by atoms with Crippen LogP contribution < -0.4 is 4.74 Å². The molecule has 7 nitrogen and oxygen atoms in total. The first-order chi connectivity index (χ1) is 12.4. The predicted molar refractivity (Wildman–Crippen MR) is 102 cm³/mol. The first kappa shape index (κ1) is 20.5. The summed E-state index contributed by atoms with van der Waals surface area (Å²) in [5.74, 6) is 0.460. The maximum atomic E-state index is 12.1. The molecular formula is C20H26N2O5. The number of hydrogen-bond acceptors (Lipinski definition) is 5. The second-order valence-corrected chi connectivity index (χ2v) is 8.38. The smallest absolute Gasteiger partial charge is 0.418 e. The highest BCUT2D eigenvalue weighted by atomic mass is 16.6. The van der Waals surface area contributed by atoms with Gasteiger partial charge in [-0.15, -0.1) is 0 Å². The quantitative estimate of drug-likeness (QED) is 0.552. The van der Waals surface area contributed by atoms with E-state index in [0.717, 1.165) is 11.1 Å². The lowest BCUT2D eigenvalue weighted by molar-refractivity contribution is -0.385. The average Bonchev–Trinajstić information content (AvgIpc) is 2.99. The molecule has 0 aliphatic heterocycles. The van der Waals surface area contributed by atoms with Crippen LogP contribution in [-0.4, -0.2) is 21.2 Å². The molecule has 2 aromatic rings. The standard InChI is InChI=1S/C20H26N2O5/c1-19(2,3)16-8-7-15(22(24)25)11-17(16)26-13-14-9-10-21(12-14)18(23)27-20(4,5)6/h7-12H,13H2,1-6H3. The van der Waals surface area contributed by atoms with Gasteiger partial charge in [-0.25, -0.2) is 4.79 Å². The van der Waals surface area contributed by atoms with E-state index in [1.807, 2.05) is 20.8 Å². The summed E-state index contributed by atoms with van der Waals surface area (Å²) in [5, 5.41) is 11.1. The topological polar surface area (TPSA) is 83.6 Å². The molecule has 2 rings (SSSR count). The van der Waals surface area contributed by atoms with Crippen molar-refractivity contribution in [2.45, 2.75) is 59.2 Å². The van der Waals surface area contributed by atoms with E-state index in [1.165, 1.54) is 16.7 Å². The molecule has 27 heavy (non-hydrogen) atoms. The van der Waals surface area contributed by atoms with E-state index in [2.05, 4.69) is 0 Å². The first-order valence-electron chi connectivity index (χ1n) is 8.69. The number of non-ortho nitro benzene ring substituents is 1. The van der Waals surface area contributed by atoms with Crippen LogP contribution in [0.1, 0.15) is 52.7 Å². The summed E-state index contributed by atoms with van der Waals surface area (Å²) in [7, 11) is 0. The van der Waals surface area contributed by atoms with Gasteiger partial charge in [0.2, 0.25) is 0 Å². The largest absolute Gasteiger partial charge is 0.488 e. The Bertz CT molecular complexity index is 841. The summed E-state index contributed by atoms with van der Waals surface area (Å²) in [6, 6.07) is 6.38. The summed E-state index contributed by atoms with van der Waals surface area (Å²) in [4.78, 5) is 22.7. The zero-order chi connectivity index (χ0) is 20.4. The monoisotopic (exact) mass is 374 g/mol. The summed E-state index contributed by atoms with van der Waals surface area (Å²) in [6.45, 7) is 11.6. The Morgan fingerprint density at radius 3 is 2.37 bits per heavy atom. The minimum atomic E-state index is -0.581. The van der Waals surface area contributed by atoms with Crippen molar-refractivity contribution in [1.29, 1.82) is 0 Å². The van der Waals surface area contributed by atoms with Crippen molar-refractivity contribution in [2.75, 3.05) is 0 Å². The zero-order valence-corrected chi connectivity index (χ0v) is 16.6. The number of nitro groups is 1. The maximum absolute atomic E-state index is 12.1. The van der Waals surface area contributed by atoms with E-state index < -0.39 is 16.6 Å². The summed E-state index contributed by atoms with van der Waals surface area (Å²) < 4.78 is 12.5. The molecule has 1 aromatic carbocycles. The van der Waals surface area contributed by atoms with Gasteiger partial charge in [-0.2, -0.15) is 0 Å².